The van der Waals surface area contributed by atoms with E-state index in [0.29, 0.717) is 24.9 Å². The van der Waals surface area contributed by atoms with E-state index in [9.17, 15) is 9.59 Å². The summed E-state index contributed by atoms with van der Waals surface area (Å²) >= 11 is 0. The number of amides is 1. The Labute approximate surface area is 129 Å². The summed E-state index contributed by atoms with van der Waals surface area (Å²) in [5.74, 6) is 0.635. The first-order valence-electron chi connectivity index (χ1n) is 7.57. The first-order chi connectivity index (χ1) is 10.7. The number of carbonyl (C=O) groups excluding carboxylic acids is 1. The summed E-state index contributed by atoms with van der Waals surface area (Å²) in [7, 11) is 0. The van der Waals surface area contributed by atoms with Gasteiger partial charge in [-0.3, -0.25) is 14.6 Å². The van der Waals surface area contributed by atoms with Crippen molar-refractivity contribution in [1.29, 1.82) is 0 Å². The monoisotopic (exact) mass is 297 g/mol. The molecule has 1 amide bonds. The van der Waals surface area contributed by atoms with Crippen LogP contribution in [0.1, 0.15) is 35.3 Å². The molecule has 2 aromatic rings. The van der Waals surface area contributed by atoms with Gasteiger partial charge in [0.15, 0.2) is 0 Å². The fraction of sp³-hybridized carbons (Fsp3) is 0.353. The molecule has 1 fully saturated rings. The van der Waals surface area contributed by atoms with Crippen molar-refractivity contribution in [1.82, 2.24) is 14.9 Å². The first-order valence-corrected chi connectivity index (χ1v) is 7.57. The van der Waals surface area contributed by atoms with Gasteiger partial charge in [0.25, 0.3) is 11.5 Å². The third-order valence-electron chi connectivity index (χ3n) is 4.36. The molecule has 22 heavy (non-hydrogen) atoms. The average Bonchev–Trinajstić information content (AvgIpc) is 2.99. The van der Waals surface area contributed by atoms with E-state index in [2.05, 4.69) is 29.0 Å². The molecule has 1 aliphatic heterocycles. The van der Waals surface area contributed by atoms with Gasteiger partial charge in [-0.2, -0.15) is 0 Å². The quantitative estimate of drug-likeness (QED) is 0.942. The van der Waals surface area contributed by atoms with Gasteiger partial charge in [-0.15, -0.1) is 0 Å². The van der Waals surface area contributed by atoms with Crippen molar-refractivity contribution in [3.8, 4) is 0 Å². The van der Waals surface area contributed by atoms with Crippen molar-refractivity contribution in [2.75, 3.05) is 13.1 Å². The summed E-state index contributed by atoms with van der Waals surface area (Å²) in [6.07, 6.45) is 3.61. The molecule has 0 saturated carbocycles. The van der Waals surface area contributed by atoms with Crippen LogP contribution in [0.15, 0.2) is 47.5 Å². The molecule has 2 heterocycles. The average molecular weight is 297 g/mol. The second-order valence-electron chi connectivity index (χ2n) is 5.71. The zero-order valence-electron chi connectivity index (χ0n) is 12.5. The number of hydrogen-bond acceptors (Lipinski definition) is 3. The molecule has 0 aliphatic carbocycles. The van der Waals surface area contributed by atoms with Crippen LogP contribution in [0, 0.1) is 5.92 Å². The maximum Gasteiger partial charge on any atom is 0.272 e. The van der Waals surface area contributed by atoms with E-state index >= 15 is 0 Å². The molecule has 3 rings (SSSR count). The number of carbonyl (C=O) groups is 1. The molecule has 1 aromatic carbocycles. The van der Waals surface area contributed by atoms with Gasteiger partial charge in [0.05, 0.1) is 12.4 Å². The number of likely N-dealkylation sites (tertiary alicyclic amines) is 1. The number of nitrogens with zero attached hydrogens (tertiary/aromatic N) is 2. The lowest BCUT2D eigenvalue weighted by atomic mass is 9.87. The summed E-state index contributed by atoms with van der Waals surface area (Å²) < 4.78 is 0. The van der Waals surface area contributed by atoms with Crippen molar-refractivity contribution in [3.05, 3.63) is 64.3 Å². The Balaban J connectivity index is 1.82. The van der Waals surface area contributed by atoms with E-state index in [1.54, 1.807) is 0 Å². The summed E-state index contributed by atoms with van der Waals surface area (Å²) in [5.41, 5.74) is 1.18. The highest BCUT2D eigenvalue weighted by Crippen LogP contribution is 2.34. The van der Waals surface area contributed by atoms with Crippen molar-refractivity contribution in [2.45, 2.75) is 19.3 Å². The van der Waals surface area contributed by atoms with Crippen LogP contribution in [0.2, 0.25) is 0 Å². The standard InChI is InChI=1S/C17H19N3O2/c1-2-12-10-20(11-14(12)13-6-4-3-5-7-13)17(22)15-8-18-9-16(21)19-15/h3-9,12,14H,2,10-11H2,1H3,(H,19,21). The predicted molar refractivity (Wildman–Crippen MR) is 83.7 cm³/mol. The van der Waals surface area contributed by atoms with Crippen LogP contribution < -0.4 is 5.56 Å². The Morgan fingerprint density at radius 2 is 2.05 bits per heavy atom. The maximum atomic E-state index is 12.6. The van der Waals surface area contributed by atoms with E-state index in [4.69, 9.17) is 0 Å². The van der Waals surface area contributed by atoms with Crippen LogP contribution >= 0.6 is 0 Å². The summed E-state index contributed by atoms with van der Waals surface area (Å²) in [6.45, 7) is 3.55. The van der Waals surface area contributed by atoms with Gasteiger partial charge in [0, 0.05) is 19.0 Å². The fourth-order valence-corrected chi connectivity index (χ4v) is 3.18. The van der Waals surface area contributed by atoms with Crippen LogP contribution in [-0.2, 0) is 0 Å². The maximum absolute atomic E-state index is 12.6. The number of H-pyrrole nitrogens is 1. The highest BCUT2D eigenvalue weighted by Gasteiger charge is 2.35. The van der Waals surface area contributed by atoms with Crippen LogP contribution in [0.4, 0.5) is 0 Å². The molecule has 114 valence electrons. The molecular formula is C17H19N3O2. The highest BCUT2D eigenvalue weighted by atomic mass is 16.2. The number of aromatic amines is 1. The lowest BCUT2D eigenvalue weighted by Crippen LogP contribution is -2.31. The Morgan fingerprint density at radius 1 is 1.27 bits per heavy atom. The van der Waals surface area contributed by atoms with Crippen LogP contribution in [0.3, 0.4) is 0 Å². The first kappa shape index (κ1) is 14.5. The Kier molecular flexibility index (Phi) is 4.04. The van der Waals surface area contributed by atoms with Gasteiger partial charge in [-0.25, -0.2) is 0 Å². The lowest BCUT2D eigenvalue weighted by molar-refractivity contribution is 0.0779. The molecule has 1 aliphatic rings. The molecular weight excluding hydrogens is 278 g/mol. The van der Waals surface area contributed by atoms with Gasteiger partial charge >= 0.3 is 0 Å². The summed E-state index contributed by atoms with van der Waals surface area (Å²) in [6, 6.07) is 10.3. The van der Waals surface area contributed by atoms with Gasteiger partial charge in [-0.05, 0) is 11.5 Å². The number of hydrogen-bond donors (Lipinski definition) is 1. The smallest absolute Gasteiger partial charge is 0.272 e. The molecule has 5 nitrogen and oxygen atoms in total. The number of nitrogens with one attached hydrogen (secondary N) is 1. The molecule has 0 radical (unpaired) electrons. The van der Waals surface area contributed by atoms with Crippen molar-refractivity contribution >= 4 is 5.91 Å². The molecule has 1 N–H and O–H groups in total. The van der Waals surface area contributed by atoms with Crippen molar-refractivity contribution < 1.29 is 4.79 Å². The zero-order valence-corrected chi connectivity index (χ0v) is 12.5. The van der Waals surface area contributed by atoms with Crippen molar-refractivity contribution in [2.24, 2.45) is 5.92 Å². The largest absolute Gasteiger partial charge is 0.336 e. The Bertz CT molecular complexity index is 711. The van der Waals surface area contributed by atoms with Gasteiger partial charge in [-0.1, -0.05) is 43.7 Å². The van der Waals surface area contributed by atoms with Crippen LogP contribution in [0.5, 0.6) is 0 Å². The minimum Gasteiger partial charge on any atom is -0.336 e. The van der Waals surface area contributed by atoms with E-state index in [0.717, 1.165) is 6.42 Å². The Hall–Kier alpha value is -2.43. The second kappa shape index (κ2) is 6.13. The SMILES string of the molecule is CCC1CN(C(=O)c2cncc(=O)[nH]2)CC1c1ccccc1. The van der Waals surface area contributed by atoms with Gasteiger partial charge in [0.1, 0.15) is 5.69 Å². The summed E-state index contributed by atoms with van der Waals surface area (Å²) in [4.78, 5) is 32.1. The minimum absolute atomic E-state index is 0.151. The van der Waals surface area contributed by atoms with E-state index in [-0.39, 0.29) is 17.2 Å². The second-order valence-corrected chi connectivity index (χ2v) is 5.71. The number of benzene rings is 1. The molecule has 5 heteroatoms. The van der Waals surface area contributed by atoms with Gasteiger partial charge in [0.2, 0.25) is 0 Å². The topological polar surface area (TPSA) is 66.1 Å². The third kappa shape index (κ3) is 2.79. The van der Waals surface area contributed by atoms with E-state index in [1.165, 1.54) is 18.0 Å². The third-order valence-corrected chi connectivity index (χ3v) is 4.36. The van der Waals surface area contributed by atoms with E-state index < -0.39 is 0 Å². The molecule has 2 unspecified atom stereocenters. The highest BCUT2D eigenvalue weighted by molar-refractivity contribution is 5.92. The molecule has 0 bridgehead atoms. The van der Waals surface area contributed by atoms with Crippen molar-refractivity contribution in [3.63, 3.8) is 0 Å². The minimum atomic E-state index is -0.350. The summed E-state index contributed by atoms with van der Waals surface area (Å²) in [5, 5.41) is 0. The van der Waals surface area contributed by atoms with Gasteiger partial charge < -0.3 is 9.88 Å². The Morgan fingerprint density at radius 3 is 2.73 bits per heavy atom. The molecule has 2 atom stereocenters. The number of rotatable bonds is 3. The molecule has 1 saturated heterocycles. The fourth-order valence-electron chi connectivity index (χ4n) is 3.18. The molecule has 0 spiro atoms. The number of aromatic nitrogens is 2. The van der Waals surface area contributed by atoms with E-state index in [1.807, 2.05) is 23.1 Å². The molecule has 1 aromatic heterocycles. The normalized spacial score (nSPS) is 21.0. The van der Waals surface area contributed by atoms with Crippen LogP contribution in [0.25, 0.3) is 0 Å². The predicted octanol–water partition coefficient (Wildman–Crippen LogP) is 2.04. The van der Waals surface area contributed by atoms with Crippen LogP contribution in [-0.4, -0.2) is 33.9 Å². The zero-order chi connectivity index (χ0) is 15.5. The lowest BCUT2D eigenvalue weighted by Gasteiger charge is -2.16.